The van der Waals surface area contributed by atoms with Gasteiger partial charge in [0.05, 0.1) is 7.11 Å². The van der Waals surface area contributed by atoms with Gasteiger partial charge in [0, 0.05) is 22.3 Å². The molecule has 3 aromatic rings. The Morgan fingerprint density at radius 1 is 0.738 bits per heavy atom. The van der Waals surface area contributed by atoms with Crippen molar-refractivity contribution >= 4 is 18.2 Å². The monoisotopic (exact) mass is 568 g/mol. The van der Waals surface area contributed by atoms with Gasteiger partial charge in [-0.1, -0.05) is 56.2 Å². The van der Waals surface area contributed by atoms with Gasteiger partial charge in [-0.3, -0.25) is 4.79 Å². The summed E-state index contributed by atoms with van der Waals surface area (Å²) in [6.45, 7) is 17.7. The molecule has 7 heteroatoms. The third-order valence-corrected chi connectivity index (χ3v) is 5.53. The van der Waals surface area contributed by atoms with E-state index in [0.29, 0.717) is 40.6 Å². The van der Waals surface area contributed by atoms with Gasteiger partial charge in [0.15, 0.2) is 0 Å². The highest BCUT2D eigenvalue weighted by atomic mass is 16.5. The lowest BCUT2D eigenvalue weighted by atomic mass is 9.97. The molecule has 7 nitrogen and oxygen atoms in total. The highest BCUT2D eigenvalue weighted by Gasteiger charge is 2.18. The Morgan fingerprint density at radius 2 is 1.19 bits per heavy atom. The van der Waals surface area contributed by atoms with Crippen molar-refractivity contribution in [3.63, 3.8) is 0 Å². The van der Waals surface area contributed by atoms with E-state index in [1.807, 2.05) is 49.4 Å². The zero-order valence-electron chi connectivity index (χ0n) is 24.7. The lowest BCUT2D eigenvalue weighted by Gasteiger charge is -2.17. The maximum absolute atomic E-state index is 12.5. The van der Waals surface area contributed by atoms with Gasteiger partial charge < -0.3 is 18.9 Å². The first-order valence-corrected chi connectivity index (χ1v) is 13.0. The van der Waals surface area contributed by atoms with Gasteiger partial charge in [-0.05, 0) is 80.8 Å². The van der Waals surface area contributed by atoms with E-state index in [1.165, 1.54) is 0 Å². The van der Waals surface area contributed by atoms with Crippen LogP contribution in [0, 0.1) is 0 Å². The molecule has 42 heavy (non-hydrogen) atoms. The summed E-state index contributed by atoms with van der Waals surface area (Å²) in [6, 6.07) is 18.0. The van der Waals surface area contributed by atoms with Crippen LogP contribution in [0.1, 0.15) is 27.7 Å². The maximum Gasteiger partial charge on any atom is 0.338 e. The topological polar surface area (TPSA) is 88.1 Å². The molecule has 0 aliphatic rings. The van der Waals surface area contributed by atoms with E-state index >= 15 is 0 Å². The fourth-order valence-corrected chi connectivity index (χ4v) is 3.30. The zero-order chi connectivity index (χ0) is 31.2. The Bertz CT molecular complexity index is 1480. The minimum atomic E-state index is -0.545. The standard InChI is InChI=1S/C31H30O6.C4H6O/c1-7-8-17-35-28-18-27(23-11-15-25(16-12-23)36-30(32)20(2)3)29(37-31(33)21(4)5)19-26(28)22-9-13-24(34-6)14-10-22;1-4(2)3-5/h7-16,18-19H,2,4,17H2,1,3,5-6H3;3H,1H2,2H3/b8-7+;. The molecule has 0 aliphatic carbocycles. The Labute approximate surface area is 247 Å². The number of esters is 2. The highest BCUT2D eigenvalue weighted by Crippen LogP contribution is 2.42. The summed E-state index contributed by atoms with van der Waals surface area (Å²) in [5.74, 6) is 0.980. The van der Waals surface area contributed by atoms with E-state index in [2.05, 4.69) is 19.7 Å². The summed E-state index contributed by atoms with van der Waals surface area (Å²) in [7, 11) is 1.61. The Balaban J connectivity index is 0.00000113. The molecule has 0 heterocycles. The van der Waals surface area contributed by atoms with Crippen molar-refractivity contribution in [2.24, 2.45) is 0 Å². The van der Waals surface area contributed by atoms with E-state index in [-0.39, 0.29) is 5.57 Å². The maximum atomic E-state index is 12.5. The smallest absolute Gasteiger partial charge is 0.338 e. The van der Waals surface area contributed by atoms with Crippen molar-refractivity contribution in [3.8, 4) is 45.3 Å². The number of carbonyl (C=O) groups is 3. The zero-order valence-corrected chi connectivity index (χ0v) is 24.7. The van der Waals surface area contributed by atoms with Crippen molar-refractivity contribution < 1.29 is 33.3 Å². The molecular weight excluding hydrogens is 532 g/mol. The third kappa shape index (κ3) is 9.78. The first-order chi connectivity index (χ1) is 20.0. The minimum Gasteiger partial charge on any atom is -0.497 e. The fraction of sp³-hybridized carbons (Fsp3) is 0.171. The predicted molar refractivity (Wildman–Crippen MR) is 166 cm³/mol. The summed E-state index contributed by atoms with van der Waals surface area (Å²) in [6.07, 6.45) is 4.53. The summed E-state index contributed by atoms with van der Waals surface area (Å²) in [5.41, 5.74) is 4.11. The van der Waals surface area contributed by atoms with E-state index in [0.717, 1.165) is 28.7 Å². The lowest BCUT2D eigenvalue weighted by molar-refractivity contribution is -0.130. The third-order valence-electron chi connectivity index (χ3n) is 5.53. The van der Waals surface area contributed by atoms with Crippen LogP contribution in [0.4, 0.5) is 0 Å². The minimum absolute atomic E-state index is 0.271. The molecule has 218 valence electrons. The van der Waals surface area contributed by atoms with Gasteiger partial charge in [-0.15, -0.1) is 0 Å². The molecule has 0 bridgehead atoms. The number of hydrogen-bond donors (Lipinski definition) is 0. The molecule has 0 amide bonds. The first kappa shape index (κ1) is 33.0. The van der Waals surface area contributed by atoms with Crippen molar-refractivity contribution in [1.29, 1.82) is 0 Å². The number of carbonyl (C=O) groups excluding carboxylic acids is 3. The number of hydrogen-bond acceptors (Lipinski definition) is 7. The molecule has 0 spiro atoms. The highest BCUT2D eigenvalue weighted by molar-refractivity contribution is 5.92. The van der Waals surface area contributed by atoms with Crippen LogP contribution >= 0.6 is 0 Å². The van der Waals surface area contributed by atoms with Crippen LogP contribution in [0.5, 0.6) is 23.0 Å². The molecule has 3 rings (SSSR count). The van der Waals surface area contributed by atoms with Crippen LogP contribution in [0.15, 0.2) is 109 Å². The lowest BCUT2D eigenvalue weighted by Crippen LogP contribution is -2.10. The fourth-order valence-electron chi connectivity index (χ4n) is 3.30. The van der Waals surface area contributed by atoms with Crippen LogP contribution < -0.4 is 18.9 Å². The molecule has 0 atom stereocenters. The summed E-state index contributed by atoms with van der Waals surface area (Å²) < 4.78 is 22.4. The molecule has 0 N–H and O–H groups in total. The van der Waals surface area contributed by atoms with E-state index in [9.17, 15) is 14.4 Å². The van der Waals surface area contributed by atoms with Crippen molar-refractivity contribution in [1.82, 2.24) is 0 Å². The van der Waals surface area contributed by atoms with Gasteiger partial charge in [0.2, 0.25) is 0 Å². The molecule has 0 aliphatic heterocycles. The van der Waals surface area contributed by atoms with Crippen LogP contribution in [-0.2, 0) is 14.4 Å². The number of methoxy groups -OCH3 is 1. The first-order valence-electron chi connectivity index (χ1n) is 13.0. The van der Waals surface area contributed by atoms with Crippen LogP contribution in [-0.4, -0.2) is 31.9 Å². The molecular formula is C35H36O7. The molecule has 0 unspecified atom stereocenters. The number of aldehydes is 1. The second-order valence-electron chi connectivity index (χ2n) is 9.28. The molecule has 0 saturated heterocycles. The van der Waals surface area contributed by atoms with Crippen LogP contribution in [0.2, 0.25) is 0 Å². The second-order valence-corrected chi connectivity index (χ2v) is 9.28. The Hall–Kier alpha value is -5.17. The summed E-state index contributed by atoms with van der Waals surface area (Å²) >= 11 is 0. The number of ether oxygens (including phenoxy) is 4. The van der Waals surface area contributed by atoms with E-state index in [4.69, 9.17) is 18.9 Å². The van der Waals surface area contributed by atoms with Crippen molar-refractivity contribution in [2.75, 3.05) is 13.7 Å². The average Bonchev–Trinajstić information content (AvgIpc) is 2.98. The van der Waals surface area contributed by atoms with E-state index in [1.54, 1.807) is 58.2 Å². The van der Waals surface area contributed by atoms with Crippen molar-refractivity contribution in [2.45, 2.75) is 27.7 Å². The Kier molecular flexibility index (Phi) is 12.7. The number of benzene rings is 3. The predicted octanol–water partition coefficient (Wildman–Crippen LogP) is 7.71. The van der Waals surface area contributed by atoms with Gasteiger partial charge in [0.1, 0.15) is 35.9 Å². The Morgan fingerprint density at radius 3 is 1.64 bits per heavy atom. The average molecular weight is 569 g/mol. The number of rotatable bonds is 11. The van der Waals surface area contributed by atoms with Gasteiger partial charge in [0.25, 0.3) is 0 Å². The normalized spacial score (nSPS) is 10.1. The molecule has 0 fully saturated rings. The van der Waals surface area contributed by atoms with Crippen molar-refractivity contribution in [3.05, 3.63) is 109 Å². The van der Waals surface area contributed by atoms with Crippen LogP contribution in [0.25, 0.3) is 22.3 Å². The largest absolute Gasteiger partial charge is 0.497 e. The molecule has 3 aromatic carbocycles. The molecule has 0 radical (unpaired) electrons. The molecule has 0 saturated carbocycles. The van der Waals surface area contributed by atoms with E-state index < -0.39 is 11.9 Å². The molecule has 0 aromatic heterocycles. The summed E-state index contributed by atoms with van der Waals surface area (Å²) in [4.78, 5) is 33.8. The summed E-state index contributed by atoms with van der Waals surface area (Å²) in [5, 5.41) is 0. The van der Waals surface area contributed by atoms with Crippen LogP contribution in [0.3, 0.4) is 0 Å². The van der Waals surface area contributed by atoms with Gasteiger partial charge in [-0.25, -0.2) is 9.59 Å². The SMILES string of the molecule is C=C(C)C(=O)Oc1ccc(-c2cc(OC/C=C/C)c(-c3ccc(OC)cc3)cc2OC(=O)C(=C)C)cc1.C=C(C)C=O. The van der Waals surface area contributed by atoms with Gasteiger partial charge >= 0.3 is 11.9 Å². The second kappa shape index (κ2) is 16.2. The van der Waals surface area contributed by atoms with Gasteiger partial charge in [-0.2, -0.15) is 0 Å². The quantitative estimate of drug-likeness (QED) is 0.0770. The number of allylic oxidation sites excluding steroid dienone is 2.